The summed E-state index contributed by atoms with van der Waals surface area (Å²) < 4.78 is 5.64. The van der Waals surface area contributed by atoms with E-state index in [0.717, 1.165) is 27.8 Å². The van der Waals surface area contributed by atoms with Gasteiger partial charge >= 0.3 is 12.1 Å². The van der Waals surface area contributed by atoms with Gasteiger partial charge in [0.15, 0.2) is 6.04 Å². The van der Waals surface area contributed by atoms with Crippen LogP contribution < -0.4 is 0 Å². The van der Waals surface area contributed by atoms with E-state index in [2.05, 4.69) is 22.3 Å². The van der Waals surface area contributed by atoms with Gasteiger partial charge in [-0.2, -0.15) is 5.10 Å². The molecule has 1 aliphatic carbocycles. The third-order valence-electron chi connectivity index (χ3n) is 5.76. The Bertz CT molecular complexity index is 1060. The summed E-state index contributed by atoms with van der Waals surface area (Å²) in [5.74, 6) is -1.18. The molecule has 0 saturated heterocycles. The topological polar surface area (TPSA) is 95.5 Å². The zero-order chi connectivity index (χ0) is 20.0. The van der Waals surface area contributed by atoms with E-state index in [4.69, 9.17) is 4.74 Å². The predicted molar refractivity (Wildman–Crippen MR) is 104 cm³/mol. The molecule has 29 heavy (non-hydrogen) atoms. The van der Waals surface area contributed by atoms with Crippen LogP contribution in [0.4, 0.5) is 4.79 Å². The van der Waals surface area contributed by atoms with Gasteiger partial charge in [0.2, 0.25) is 0 Å². The van der Waals surface area contributed by atoms with E-state index < -0.39 is 18.1 Å². The Hall–Kier alpha value is -3.61. The van der Waals surface area contributed by atoms with Crippen molar-refractivity contribution in [1.29, 1.82) is 0 Å². The molecule has 0 fully saturated rings. The molecular weight excluding hydrogens is 370 g/mol. The van der Waals surface area contributed by atoms with Crippen LogP contribution in [0.15, 0.2) is 54.7 Å². The van der Waals surface area contributed by atoms with Crippen LogP contribution in [-0.2, 0) is 16.0 Å². The summed E-state index contributed by atoms with van der Waals surface area (Å²) in [7, 11) is 0. The fourth-order valence-electron chi connectivity index (χ4n) is 4.41. The minimum Gasteiger partial charge on any atom is -0.479 e. The number of hydrogen-bond donors (Lipinski definition) is 2. The highest BCUT2D eigenvalue weighted by atomic mass is 16.6. The Labute approximate surface area is 166 Å². The first kappa shape index (κ1) is 17.5. The number of ether oxygens (including phenoxy) is 1. The number of fused-ring (bicyclic) bond motifs is 4. The molecule has 1 unspecified atom stereocenters. The second-order valence-corrected chi connectivity index (χ2v) is 7.30. The molecule has 0 radical (unpaired) electrons. The largest absolute Gasteiger partial charge is 0.479 e. The lowest BCUT2D eigenvalue weighted by molar-refractivity contribution is -0.143. The van der Waals surface area contributed by atoms with Crippen LogP contribution in [0.2, 0.25) is 0 Å². The van der Waals surface area contributed by atoms with Crippen LogP contribution in [-0.4, -0.2) is 45.4 Å². The van der Waals surface area contributed by atoms with Crippen molar-refractivity contribution >= 4 is 12.1 Å². The van der Waals surface area contributed by atoms with E-state index in [1.165, 1.54) is 4.90 Å². The number of aliphatic carboxylic acids is 1. The highest BCUT2D eigenvalue weighted by molar-refractivity contribution is 5.82. The van der Waals surface area contributed by atoms with E-state index in [-0.39, 0.29) is 19.1 Å². The Balaban J connectivity index is 1.38. The molecule has 1 aliphatic heterocycles. The number of carbonyl (C=O) groups excluding carboxylic acids is 1. The zero-order valence-electron chi connectivity index (χ0n) is 15.5. The van der Waals surface area contributed by atoms with Crippen molar-refractivity contribution in [2.24, 2.45) is 0 Å². The van der Waals surface area contributed by atoms with Crippen molar-refractivity contribution in [2.45, 2.75) is 18.4 Å². The van der Waals surface area contributed by atoms with Crippen molar-refractivity contribution in [1.82, 2.24) is 15.1 Å². The molecule has 3 aromatic rings. The number of carboxylic acids is 1. The normalized spacial score (nSPS) is 17.4. The van der Waals surface area contributed by atoms with Crippen LogP contribution in [0.5, 0.6) is 0 Å². The van der Waals surface area contributed by atoms with Gasteiger partial charge in [-0.25, -0.2) is 9.59 Å². The molecule has 2 N–H and O–H groups in total. The molecule has 1 aromatic heterocycles. The number of benzene rings is 2. The molecule has 7 nitrogen and oxygen atoms in total. The average Bonchev–Trinajstić information content (AvgIpc) is 3.34. The van der Waals surface area contributed by atoms with Gasteiger partial charge in [0.25, 0.3) is 0 Å². The van der Waals surface area contributed by atoms with Gasteiger partial charge in [0, 0.05) is 12.5 Å². The fraction of sp³-hybridized carbons (Fsp3) is 0.227. The van der Waals surface area contributed by atoms with E-state index in [9.17, 15) is 14.7 Å². The Morgan fingerprint density at radius 1 is 1.10 bits per heavy atom. The number of hydrogen-bond acceptors (Lipinski definition) is 4. The average molecular weight is 389 g/mol. The lowest BCUT2D eigenvalue weighted by Crippen LogP contribution is -2.44. The van der Waals surface area contributed by atoms with Crippen molar-refractivity contribution in [3.63, 3.8) is 0 Å². The molecule has 1 atom stereocenters. The van der Waals surface area contributed by atoms with Gasteiger partial charge < -0.3 is 9.84 Å². The van der Waals surface area contributed by atoms with Crippen LogP contribution in [0.3, 0.4) is 0 Å². The summed E-state index contributed by atoms with van der Waals surface area (Å²) in [5.41, 5.74) is 5.79. The van der Waals surface area contributed by atoms with Crippen molar-refractivity contribution < 1.29 is 19.4 Å². The fourth-order valence-corrected chi connectivity index (χ4v) is 4.41. The first-order chi connectivity index (χ1) is 14.1. The van der Waals surface area contributed by atoms with Gasteiger partial charge in [-0.1, -0.05) is 48.5 Å². The zero-order valence-corrected chi connectivity index (χ0v) is 15.5. The van der Waals surface area contributed by atoms with E-state index in [0.29, 0.717) is 12.1 Å². The molecule has 0 bridgehead atoms. The number of carboxylic acid groups (broad SMARTS) is 1. The third kappa shape index (κ3) is 2.77. The molecule has 146 valence electrons. The summed E-state index contributed by atoms with van der Waals surface area (Å²) in [5, 5.41) is 16.3. The number of rotatable bonds is 3. The van der Waals surface area contributed by atoms with Crippen LogP contribution in [0.1, 0.15) is 34.3 Å². The minimum atomic E-state index is -1.11. The lowest BCUT2D eigenvalue weighted by atomic mass is 9.98. The maximum absolute atomic E-state index is 12.8. The monoisotopic (exact) mass is 389 g/mol. The van der Waals surface area contributed by atoms with Crippen molar-refractivity contribution in [3.05, 3.63) is 77.1 Å². The molecular formula is C22H19N3O4. The lowest BCUT2D eigenvalue weighted by Gasteiger charge is -2.32. The number of aromatic nitrogens is 2. The summed E-state index contributed by atoms with van der Waals surface area (Å²) in [6.45, 7) is 0.436. The quantitative estimate of drug-likeness (QED) is 0.716. The Morgan fingerprint density at radius 3 is 2.41 bits per heavy atom. The molecule has 5 rings (SSSR count). The van der Waals surface area contributed by atoms with E-state index in [1.54, 1.807) is 6.20 Å². The maximum atomic E-state index is 12.8. The standard InChI is InChI=1S/C22H19N3O4/c26-21(27)20-19-13(11-23-24-19)9-10-25(20)22(28)29-12-18-16-7-3-1-5-14(16)15-6-2-4-8-17(15)18/h1-8,11,18,20H,9-10,12H2,(H,23,24)(H,26,27). The highest BCUT2D eigenvalue weighted by Gasteiger charge is 2.39. The summed E-state index contributed by atoms with van der Waals surface area (Å²) in [6.07, 6.45) is 1.53. The Kier molecular flexibility index (Phi) is 4.08. The van der Waals surface area contributed by atoms with Gasteiger partial charge in [-0.15, -0.1) is 0 Å². The van der Waals surface area contributed by atoms with Gasteiger partial charge in [-0.3, -0.25) is 10.00 Å². The molecule has 0 spiro atoms. The van der Waals surface area contributed by atoms with Gasteiger partial charge in [-0.05, 0) is 34.2 Å². The second kappa shape index (κ2) is 6.77. The van der Waals surface area contributed by atoms with Crippen LogP contribution >= 0.6 is 0 Å². The SMILES string of the molecule is O=C(O)C1c2[nH]ncc2CCN1C(=O)OCC1c2ccccc2-c2ccccc21. The molecule has 2 aromatic carbocycles. The number of aromatic amines is 1. The summed E-state index contributed by atoms with van der Waals surface area (Å²) in [6, 6.07) is 15.1. The number of nitrogens with one attached hydrogen (secondary N) is 1. The van der Waals surface area contributed by atoms with Crippen molar-refractivity contribution in [3.8, 4) is 11.1 Å². The number of carbonyl (C=O) groups is 2. The first-order valence-corrected chi connectivity index (χ1v) is 9.51. The molecule has 2 heterocycles. The first-order valence-electron chi connectivity index (χ1n) is 9.51. The molecule has 1 amide bonds. The van der Waals surface area contributed by atoms with Crippen molar-refractivity contribution in [2.75, 3.05) is 13.2 Å². The highest BCUT2D eigenvalue weighted by Crippen LogP contribution is 2.44. The third-order valence-corrected chi connectivity index (χ3v) is 5.76. The Morgan fingerprint density at radius 2 is 1.76 bits per heavy atom. The molecule has 2 aliphatic rings. The number of nitrogens with zero attached hydrogens (tertiary/aromatic N) is 2. The van der Waals surface area contributed by atoms with E-state index in [1.807, 2.05) is 36.4 Å². The second-order valence-electron chi connectivity index (χ2n) is 7.30. The number of amides is 1. The van der Waals surface area contributed by atoms with Crippen LogP contribution in [0, 0.1) is 0 Å². The van der Waals surface area contributed by atoms with E-state index >= 15 is 0 Å². The minimum absolute atomic E-state index is 0.0675. The van der Waals surface area contributed by atoms with Crippen LogP contribution in [0.25, 0.3) is 11.1 Å². The smallest absolute Gasteiger partial charge is 0.410 e. The van der Waals surface area contributed by atoms with Gasteiger partial charge in [0.05, 0.1) is 11.9 Å². The number of H-pyrrole nitrogens is 1. The summed E-state index contributed by atoms with van der Waals surface area (Å²) in [4.78, 5) is 25.9. The predicted octanol–water partition coefficient (Wildman–Crippen LogP) is 3.34. The summed E-state index contributed by atoms with van der Waals surface area (Å²) >= 11 is 0. The molecule has 7 heteroatoms. The maximum Gasteiger partial charge on any atom is 0.410 e. The van der Waals surface area contributed by atoms with Gasteiger partial charge in [0.1, 0.15) is 6.61 Å². The molecule has 0 saturated carbocycles.